The molecule has 0 aromatic carbocycles. The Hall–Kier alpha value is -1.53. The van der Waals surface area contributed by atoms with Crippen LogP contribution in [0.3, 0.4) is 0 Å². The van der Waals surface area contributed by atoms with Gasteiger partial charge in [0.1, 0.15) is 17.6 Å². The summed E-state index contributed by atoms with van der Waals surface area (Å²) in [6, 6.07) is 1.59. The molecule has 1 aromatic rings. The number of esters is 1. The molecule has 21 heavy (non-hydrogen) atoms. The molecule has 0 atom stereocenters. The first-order chi connectivity index (χ1) is 9.61. The van der Waals surface area contributed by atoms with Crippen molar-refractivity contribution in [3.63, 3.8) is 0 Å². The number of rotatable bonds is 4. The third-order valence-corrected chi connectivity index (χ3v) is 3.75. The van der Waals surface area contributed by atoms with Crippen LogP contribution in [0.25, 0.3) is 0 Å². The Balaban J connectivity index is 0.00000220. The second-order valence-corrected chi connectivity index (χ2v) is 5.09. The average molecular weight is 317 g/mol. The van der Waals surface area contributed by atoms with Crippen molar-refractivity contribution in [2.75, 3.05) is 7.11 Å². The van der Waals surface area contributed by atoms with E-state index >= 15 is 0 Å². The molecule has 0 bridgehead atoms. The summed E-state index contributed by atoms with van der Waals surface area (Å²) in [5.74, 6) is -0.181. The number of methoxy groups -OCH3 is 1. The van der Waals surface area contributed by atoms with Gasteiger partial charge in [0.15, 0.2) is 0 Å². The predicted molar refractivity (Wildman–Crippen MR) is 79.1 cm³/mol. The van der Waals surface area contributed by atoms with Crippen molar-refractivity contribution in [1.29, 1.82) is 0 Å². The molecule has 0 aliphatic heterocycles. The Labute approximate surface area is 129 Å². The van der Waals surface area contributed by atoms with E-state index < -0.39 is 5.54 Å². The minimum atomic E-state index is -0.912. The Morgan fingerprint density at radius 3 is 2.57 bits per heavy atom. The smallest absolute Gasteiger partial charge is 0.331 e. The van der Waals surface area contributed by atoms with Gasteiger partial charge < -0.3 is 20.2 Å². The monoisotopic (exact) mass is 316 g/mol. The number of ether oxygens (including phenoxy) is 1. The lowest BCUT2D eigenvalue weighted by Gasteiger charge is -2.35. The van der Waals surface area contributed by atoms with E-state index in [-0.39, 0.29) is 30.8 Å². The van der Waals surface area contributed by atoms with Crippen LogP contribution < -0.4 is 11.1 Å². The first-order valence-electron chi connectivity index (χ1n) is 6.80. The zero-order valence-electron chi connectivity index (χ0n) is 12.0. The number of hydrogen-bond acceptors (Lipinski definition) is 5. The molecule has 1 aliphatic rings. The van der Waals surface area contributed by atoms with Gasteiger partial charge in [-0.1, -0.05) is 19.3 Å². The van der Waals surface area contributed by atoms with Crippen LogP contribution in [0.5, 0.6) is 0 Å². The molecule has 6 nitrogen and oxygen atoms in total. The van der Waals surface area contributed by atoms with E-state index in [2.05, 4.69) is 5.32 Å². The Kier molecular flexibility index (Phi) is 6.23. The molecule has 1 aromatic heterocycles. The molecular formula is C14H21ClN2O4. The molecule has 1 fully saturated rings. The van der Waals surface area contributed by atoms with Crippen molar-refractivity contribution in [3.05, 3.63) is 23.7 Å². The lowest BCUT2D eigenvalue weighted by Crippen LogP contribution is -2.56. The van der Waals surface area contributed by atoms with Gasteiger partial charge in [0.05, 0.1) is 19.2 Å². The van der Waals surface area contributed by atoms with E-state index in [0.29, 0.717) is 24.2 Å². The molecule has 0 unspecified atom stereocenters. The summed E-state index contributed by atoms with van der Waals surface area (Å²) in [6.45, 7) is 0.232. The number of hydrogen-bond donors (Lipinski definition) is 2. The Morgan fingerprint density at radius 2 is 2.05 bits per heavy atom. The predicted octanol–water partition coefficient (Wildman–Crippen LogP) is 1.77. The molecule has 0 spiro atoms. The van der Waals surface area contributed by atoms with E-state index in [1.165, 1.54) is 13.4 Å². The molecule has 2 rings (SSSR count). The van der Waals surface area contributed by atoms with E-state index in [4.69, 9.17) is 14.9 Å². The quantitative estimate of drug-likeness (QED) is 0.825. The fourth-order valence-electron chi connectivity index (χ4n) is 2.63. The average Bonchev–Trinajstić information content (AvgIpc) is 2.96. The van der Waals surface area contributed by atoms with Crippen molar-refractivity contribution in [3.8, 4) is 0 Å². The van der Waals surface area contributed by atoms with Gasteiger partial charge >= 0.3 is 5.97 Å². The van der Waals surface area contributed by atoms with Gasteiger partial charge in [0.2, 0.25) is 0 Å². The van der Waals surface area contributed by atoms with Gasteiger partial charge in [-0.2, -0.15) is 0 Å². The number of furan rings is 1. The lowest BCUT2D eigenvalue weighted by atomic mass is 9.81. The van der Waals surface area contributed by atoms with Crippen molar-refractivity contribution < 1.29 is 18.7 Å². The summed E-state index contributed by atoms with van der Waals surface area (Å²) in [5, 5.41) is 2.82. The third kappa shape index (κ3) is 3.77. The standard InChI is InChI=1S/C14H20N2O4.ClH/c1-19-13(18)14(5-3-2-4-6-14)16-12(17)10-7-11(8-15)20-9-10;/h7,9H,2-6,8,15H2,1H3,(H,16,17);1H. The minimum absolute atomic E-state index is 0. The zero-order chi connectivity index (χ0) is 14.6. The zero-order valence-corrected chi connectivity index (χ0v) is 12.8. The second kappa shape index (κ2) is 7.47. The summed E-state index contributed by atoms with van der Waals surface area (Å²) in [7, 11) is 1.34. The summed E-state index contributed by atoms with van der Waals surface area (Å²) in [5.41, 5.74) is 4.91. The summed E-state index contributed by atoms with van der Waals surface area (Å²) in [6.07, 6.45) is 5.42. The fourth-order valence-corrected chi connectivity index (χ4v) is 2.63. The topological polar surface area (TPSA) is 94.6 Å². The van der Waals surface area contributed by atoms with Crippen LogP contribution >= 0.6 is 12.4 Å². The number of amides is 1. The summed E-state index contributed by atoms with van der Waals surface area (Å²) in [4.78, 5) is 24.3. The second-order valence-electron chi connectivity index (χ2n) is 5.09. The molecule has 1 saturated carbocycles. The number of nitrogens with two attached hydrogens (primary N) is 1. The van der Waals surface area contributed by atoms with Gasteiger partial charge in [-0.3, -0.25) is 4.79 Å². The minimum Gasteiger partial charge on any atom is -0.467 e. The van der Waals surface area contributed by atoms with Gasteiger partial charge in [0.25, 0.3) is 5.91 Å². The van der Waals surface area contributed by atoms with E-state index in [0.717, 1.165) is 19.3 Å². The largest absolute Gasteiger partial charge is 0.467 e. The molecule has 118 valence electrons. The highest BCUT2D eigenvalue weighted by atomic mass is 35.5. The van der Waals surface area contributed by atoms with Crippen molar-refractivity contribution in [1.82, 2.24) is 5.32 Å². The number of carbonyl (C=O) groups is 2. The molecular weight excluding hydrogens is 296 g/mol. The van der Waals surface area contributed by atoms with Crippen LogP contribution in [-0.4, -0.2) is 24.5 Å². The summed E-state index contributed by atoms with van der Waals surface area (Å²) < 4.78 is 10.0. The molecule has 7 heteroatoms. The summed E-state index contributed by atoms with van der Waals surface area (Å²) >= 11 is 0. The SMILES string of the molecule is COC(=O)C1(NC(=O)c2coc(CN)c2)CCCCC1.Cl. The maximum absolute atomic E-state index is 12.2. The Bertz CT molecular complexity index is 495. The van der Waals surface area contributed by atoms with Crippen molar-refractivity contribution in [2.24, 2.45) is 5.73 Å². The lowest BCUT2D eigenvalue weighted by molar-refractivity contribution is -0.149. The highest BCUT2D eigenvalue weighted by Gasteiger charge is 2.42. The van der Waals surface area contributed by atoms with Gasteiger partial charge in [-0.25, -0.2) is 4.79 Å². The fraction of sp³-hybridized carbons (Fsp3) is 0.571. The van der Waals surface area contributed by atoms with Crippen LogP contribution in [0.1, 0.15) is 48.2 Å². The van der Waals surface area contributed by atoms with Crippen LogP contribution in [0, 0.1) is 0 Å². The Morgan fingerprint density at radius 1 is 1.38 bits per heavy atom. The first-order valence-corrected chi connectivity index (χ1v) is 6.80. The molecule has 1 amide bonds. The normalized spacial score (nSPS) is 16.7. The van der Waals surface area contributed by atoms with Crippen molar-refractivity contribution >= 4 is 24.3 Å². The molecule has 1 aliphatic carbocycles. The van der Waals surface area contributed by atoms with Gasteiger partial charge in [0, 0.05) is 0 Å². The van der Waals surface area contributed by atoms with E-state index in [1.54, 1.807) is 6.07 Å². The van der Waals surface area contributed by atoms with Crippen LogP contribution in [0.4, 0.5) is 0 Å². The molecule has 3 N–H and O–H groups in total. The van der Waals surface area contributed by atoms with E-state index in [1.807, 2.05) is 0 Å². The number of nitrogens with one attached hydrogen (secondary N) is 1. The van der Waals surface area contributed by atoms with Gasteiger partial charge in [-0.05, 0) is 18.9 Å². The highest BCUT2D eigenvalue weighted by Crippen LogP contribution is 2.29. The van der Waals surface area contributed by atoms with Crippen molar-refractivity contribution in [2.45, 2.75) is 44.2 Å². The van der Waals surface area contributed by atoms with Crippen LogP contribution in [-0.2, 0) is 16.1 Å². The van der Waals surface area contributed by atoms with Crippen LogP contribution in [0.2, 0.25) is 0 Å². The highest BCUT2D eigenvalue weighted by molar-refractivity contribution is 5.98. The number of halogens is 1. The first kappa shape index (κ1) is 17.5. The maximum atomic E-state index is 12.2. The molecule has 0 radical (unpaired) electrons. The number of carbonyl (C=O) groups excluding carboxylic acids is 2. The van der Waals surface area contributed by atoms with Gasteiger partial charge in [-0.15, -0.1) is 12.4 Å². The molecule has 1 heterocycles. The molecule has 0 saturated heterocycles. The van der Waals surface area contributed by atoms with E-state index in [9.17, 15) is 9.59 Å². The van der Waals surface area contributed by atoms with Crippen LogP contribution in [0.15, 0.2) is 16.7 Å². The third-order valence-electron chi connectivity index (χ3n) is 3.75. The maximum Gasteiger partial charge on any atom is 0.331 e.